The molecule has 0 saturated heterocycles. The van der Waals surface area contributed by atoms with E-state index in [1.807, 2.05) is 0 Å². The molecule has 0 spiro atoms. The van der Waals surface area contributed by atoms with E-state index in [4.69, 9.17) is 5.73 Å². The first-order valence-electron chi connectivity index (χ1n) is 4.63. The van der Waals surface area contributed by atoms with E-state index in [0.29, 0.717) is 0 Å². The summed E-state index contributed by atoms with van der Waals surface area (Å²) in [4.78, 5) is 0. The molecule has 1 nitrogen and oxygen atoms in total. The number of aryl methyl sites for hydroxylation is 1. The molecule has 1 aromatic rings. The van der Waals surface area contributed by atoms with E-state index in [1.165, 1.54) is 29.5 Å². The van der Waals surface area contributed by atoms with E-state index >= 15 is 0 Å². The summed E-state index contributed by atoms with van der Waals surface area (Å²) in [6.45, 7) is 2.18. The zero-order valence-electron chi connectivity index (χ0n) is 7.92. The average molecular weight is 198 g/mol. The number of rotatable bonds is 0. The highest BCUT2D eigenvalue weighted by atomic mass is 35.5. The third kappa shape index (κ3) is 1.87. The Kier molecular flexibility index (Phi) is 3.34. The van der Waals surface area contributed by atoms with Crippen LogP contribution in [0.1, 0.15) is 35.6 Å². The monoisotopic (exact) mass is 197 g/mol. The van der Waals surface area contributed by atoms with Gasteiger partial charge in [-0.15, -0.1) is 12.4 Å². The van der Waals surface area contributed by atoms with Crippen LogP contribution in [-0.4, -0.2) is 0 Å². The summed E-state index contributed by atoms with van der Waals surface area (Å²) in [6.07, 6.45) is 3.62. The van der Waals surface area contributed by atoms with Crippen LogP contribution < -0.4 is 5.73 Å². The summed E-state index contributed by atoms with van der Waals surface area (Å²) in [6, 6.07) is 6.75. The van der Waals surface area contributed by atoms with E-state index in [0.717, 1.165) is 6.42 Å². The van der Waals surface area contributed by atoms with Gasteiger partial charge < -0.3 is 5.73 Å². The predicted molar refractivity (Wildman–Crippen MR) is 58.3 cm³/mol. The molecule has 0 amide bonds. The van der Waals surface area contributed by atoms with Crippen molar-refractivity contribution in [2.75, 3.05) is 0 Å². The number of benzene rings is 1. The van der Waals surface area contributed by atoms with Crippen molar-refractivity contribution >= 4 is 12.4 Å². The van der Waals surface area contributed by atoms with Crippen molar-refractivity contribution in [3.05, 3.63) is 34.9 Å². The molecule has 1 unspecified atom stereocenters. The lowest BCUT2D eigenvalue weighted by Gasteiger charge is -2.23. The Balaban J connectivity index is 0.000000845. The highest BCUT2D eigenvalue weighted by Gasteiger charge is 2.16. The van der Waals surface area contributed by atoms with Crippen molar-refractivity contribution in [3.8, 4) is 0 Å². The fraction of sp³-hybridized carbons (Fsp3) is 0.455. The van der Waals surface area contributed by atoms with Crippen LogP contribution in [0.15, 0.2) is 18.2 Å². The van der Waals surface area contributed by atoms with E-state index < -0.39 is 0 Å². The SMILES string of the molecule is Cc1cccc2c1CCCC2N.Cl. The lowest BCUT2D eigenvalue weighted by atomic mass is 9.86. The number of fused-ring (bicyclic) bond motifs is 1. The lowest BCUT2D eigenvalue weighted by Crippen LogP contribution is -2.17. The van der Waals surface area contributed by atoms with Crippen molar-refractivity contribution in [2.45, 2.75) is 32.2 Å². The van der Waals surface area contributed by atoms with Gasteiger partial charge in [0.25, 0.3) is 0 Å². The molecule has 13 heavy (non-hydrogen) atoms. The van der Waals surface area contributed by atoms with Gasteiger partial charge in [0.2, 0.25) is 0 Å². The van der Waals surface area contributed by atoms with Crippen molar-refractivity contribution in [1.82, 2.24) is 0 Å². The number of hydrogen-bond donors (Lipinski definition) is 1. The maximum atomic E-state index is 6.02. The second-order valence-electron chi connectivity index (χ2n) is 3.64. The van der Waals surface area contributed by atoms with Gasteiger partial charge in [-0.2, -0.15) is 0 Å². The molecule has 2 rings (SSSR count). The van der Waals surface area contributed by atoms with Gasteiger partial charge in [-0.3, -0.25) is 0 Å². The van der Waals surface area contributed by atoms with Crippen molar-refractivity contribution in [2.24, 2.45) is 5.73 Å². The zero-order valence-corrected chi connectivity index (χ0v) is 8.73. The molecule has 0 radical (unpaired) electrons. The van der Waals surface area contributed by atoms with Crippen LogP contribution in [0.2, 0.25) is 0 Å². The molecule has 1 aliphatic carbocycles. The van der Waals surface area contributed by atoms with Crippen LogP contribution in [0.3, 0.4) is 0 Å². The van der Waals surface area contributed by atoms with Crippen LogP contribution in [0.25, 0.3) is 0 Å². The van der Waals surface area contributed by atoms with Gasteiger partial charge in [0, 0.05) is 6.04 Å². The third-order valence-electron chi connectivity index (χ3n) is 2.79. The summed E-state index contributed by atoms with van der Waals surface area (Å²) in [7, 11) is 0. The summed E-state index contributed by atoms with van der Waals surface area (Å²) in [5.74, 6) is 0. The molecule has 0 fully saturated rings. The van der Waals surface area contributed by atoms with Crippen molar-refractivity contribution in [3.63, 3.8) is 0 Å². The van der Waals surface area contributed by atoms with Gasteiger partial charge in [0.1, 0.15) is 0 Å². The van der Waals surface area contributed by atoms with Crippen LogP contribution in [0.5, 0.6) is 0 Å². The van der Waals surface area contributed by atoms with Gasteiger partial charge in [0.05, 0.1) is 0 Å². The van der Waals surface area contributed by atoms with E-state index in [2.05, 4.69) is 25.1 Å². The average Bonchev–Trinajstić information content (AvgIpc) is 2.07. The van der Waals surface area contributed by atoms with Gasteiger partial charge in [0.15, 0.2) is 0 Å². The zero-order chi connectivity index (χ0) is 8.55. The molecule has 0 heterocycles. The van der Waals surface area contributed by atoms with Crippen LogP contribution >= 0.6 is 12.4 Å². The third-order valence-corrected chi connectivity index (χ3v) is 2.79. The Bertz CT molecular complexity index is 296. The molecule has 0 saturated carbocycles. The maximum absolute atomic E-state index is 6.02. The predicted octanol–water partition coefficient (Wildman–Crippen LogP) is 2.75. The molecule has 1 aliphatic rings. The molecule has 0 aromatic heterocycles. The Hall–Kier alpha value is -0.530. The van der Waals surface area contributed by atoms with E-state index in [-0.39, 0.29) is 18.4 Å². The van der Waals surface area contributed by atoms with Gasteiger partial charge in [-0.05, 0) is 42.9 Å². The van der Waals surface area contributed by atoms with Crippen LogP contribution in [-0.2, 0) is 6.42 Å². The second-order valence-corrected chi connectivity index (χ2v) is 3.64. The Morgan fingerprint density at radius 1 is 1.38 bits per heavy atom. The highest BCUT2D eigenvalue weighted by molar-refractivity contribution is 5.85. The molecular formula is C11H16ClN. The molecule has 1 aromatic carbocycles. The van der Waals surface area contributed by atoms with E-state index in [1.54, 1.807) is 0 Å². The van der Waals surface area contributed by atoms with Gasteiger partial charge in [-0.1, -0.05) is 18.2 Å². The summed E-state index contributed by atoms with van der Waals surface area (Å²) in [5.41, 5.74) is 10.3. The van der Waals surface area contributed by atoms with E-state index in [9.17, 15) is 0 Å². The quantitative estimate of drug-likeness (QED) is 0.680. The fourth-order valence-electron chi connectivity index (χ4n) is 2.07. The molecule has 0 aliphatic heterocycles. The Labute approximate surface area is 85.7 Å². The van der Waals surface area contributed by atoms with Gasteiger partial charge >= 0.3 is 0 Å². The molecule has 2 heteroatoms. The molecule has 0 bridgehead atoms. The smallest absolute Gasteiger partial charge is 0.0297 e. The molecular weight excluding hydrogens is 182 g/mol. The minimum Gasteiger partial charge on any atom is -0.324 e. The van der Waals surface area contributed by atoms with Crippen LogP contribution in [0, 0.1) is 6.92 Å². The van der Waals surface area contributed by atoms with Crippen molar-refractivity contribution in [1.29, 1.82) is 0 Å². The number of halogens is 1. The van der Waals surface area contributed by atoms with Gasteiger partial charge in [-0.25, -0.2) is 0 Å². The normalized spacial score (nSPS) is 20.3. The number of nitrogens with two attached hydrogens (primary N) is 1. The standard InChI is InChI=1S/C11H15N.ClH/c1-8-4-2-6-10-9(8)5-3-7-11(10)12;/h2,4,6,11H,3,5,7,12H2,1H3;1H. The topological polar surface area (TPSA) is 26.0 Å². The number of hydrogen-bond acceptors (Lipinski definition) is 1. The molecule has 72 valence electrons. The Morgan fingerprint density at radius 2 is 2.15 bits per heavy atom. The maximum Gasteiger partial charge on any atom is 0.0297 e. The highest BCUT2D eigenvalue weighted by Crippen LogP contribution is 2.29. The van der Waals surface area contributed by atoms with Crippen molar-refractivity contribution < 1.29 is 0 Å². The fourth-order valence-corrected chi connectivity index (χ4v) is 2.07. The lowest BCUT2D eigenvalue weighted by molar-refractivity contribution is 0.568. The summed E-state index contributed by atoms with van der Waals surface area (Å²) >= 11 is 0. The largest absolute Gasteiger partial charge is 0.324 e. The Morgan fingerprint density at radius 3 is 2.85 bits per heavy atom. The summed E-state index contributed by atoms with van der Waals surface area (Å²) < 4.78 is 0. The first-order valence-corrected chi connectivity index (χ1v) is 4.63. The first-order chi connectivity index (χ1) is 5.79. The molecule has 2 N–H and O–H groups in total. The first kappa shape index (κ1) is 10.6. The minimum absolute atomic E-state index is 0. The molecule has 1 atom stereocenters. The van der Waals surface area contributed by atoms with Crippen LogP contribution in [0.4, 0.5) is 0 Å². The minimum atomic E-state index is 0. The summed E-state index contributed by atoms with van der Waals surface area (Å²) in [5, 5.41) is 0. The second kappa shape index (κ2) is 4.12.